The van der Waals surface area contributed by atoms with Crippen LogP contribution >= 0.6 is 11.6 Å². The normalized spacial score (nSPS) is 17.2. The number of carboxylic acid groups (broad SMARTS) is 1. The van der Waals surface area contributed by atoms with Crippen LogP contribution < -0.4 is 14.8 Å². The summed E-state index contributed by atoms with van der Waals surface area (Å²) in [5.41, 5.74) is 1.48. The number of benzene rings is 2. The number of nitrogens with one attached hydrogen (secondary N) is 1. The Morgan fingerprint density at radius 2 is 1.85 bits per heavy atom. The summed E-state index contributed by atoms with van der Waals surface area (Å²) in [7, 11) is 0. The number of hydrogen-bond acceptors (Lipinski definition) is 7. The molecular weight excluding hydrogens is 545 g/mol. The first-order chi connectivity index (χ1) is 18.3. The molecule has 2 aliphatic heterocycles. The lowest BCUT2D eigenvalue weighted by Gasteiger charge is -2.45. The summed E-state index contributed by atoms with van der Waals surface area (Å²) in [5.74, 6) is -1.71. The second-order valence-electron chi connectivity index (χ2n) is 9.47. The van der Waals surface area contributed by atoms with Crippen molar-refractivity contribution in [2.45, 2.75) is 50.5 Å². The summed E-state index contributed by atoms with van der Waals surface area (Å²) in [6.07, 6.45) is -2.04. The quantitative estimate of drug-likeness (QED) is 0.377. The van der Waals surface area contributed by atoms with E-state index in [-0.39, 0.29) is 23.9 Å². The minimum absolute atomic E-state index is 0.0289. The van der Waals surface area contributed by atoms with Crippen LogP contribution in [0.5, 0.6) is 17.2 Å². The highest BCUT2D eigenvalue weighted by Gasteiger charge is 2.40. The van der Waals surface area contributed by atoms with E-state index in [4.69, 9.17) is 31.0 Å². The van der Waals surface area contributed by atoms with Gasteiger partial charge in [-0.25, -0.2) is 4.79 Å². The maximum atomic E-state index is 11.4. The topological polar surface area (TPSA) is 129 Å². The van der Waals surface area contributed by atoms with Gasteiger partial charge in [0.1, 0.15) is 35.6 Å². The number of ether oxygens (including phenoxy) is 2. The van der Waals surface area contributed by atoms with Crippen LogP contribution in [0.4, 0.5) is 18.9 Å². The Labute approximate surface area is 228 Å². The molecule has 1 saturated heterocycles. The van der Waals surface area contributed by atoms with E-state index in [0.717, 1.165) is 49.5 Å². The van der Waals surface area contributed by atoms with Crippen molar-refractivity contribution >= 4 is 29.2 Å². The average Bonchev–Trinajstić information content (AvgIpc) is 2.85. The second kappa shape index (κ2) is 12.8. The van der Waals surface area contributed by atoms with Gasteiger partial charge >= 0.3 is 12.1 Å². The Hall–Kier alpha value is -3.22. The van der Waals surface area contributed by atoms with E-state index in [2.05, 4.69) is 10.2 Å². The number of carboxylic acids is 1. The van der Waals surface area contributed by atoms with Crippen LogP contribution in [0.15, 0.2) is 36.4 Å². The number of anilines is 1. The third-order valence-corrected chi connectivity index (χ3v) is 6.62. The van der Waals surface area contributed by atoms with Crippen molar-refractivity contribution in [1.29, 1.82) is 0 Å². The van der Waals surface area contributed by atoms with E-state index in [9.17, 15) is 28.2 Å². The standard InChI is InChI=1S/C24H29ClN2O5.C2HF3O2/c1-16(28)26-21-4-3-19(29)13-23(21)31-15-20(30)14-27-10-8-24(9-11-27)7-6-17-12-18(25)2-5-22(17)32-24;3-2(4,5)1(6)7/h2-5,12-13,20,29-30H,6-11,14-15H2,1H3,(H,26,28);(H,6,7)/t20-;/m0./s1. The number of alkyl halides is 3. The molecular formula is C26H30ClF3N2O7. The van der Waals surface area contributed by atoms with Crippen molar-refractivity contribution in [3.05, 3.63) is 47.0 Å². The Balaban J connectivity index is 0.000000532. The van der Waals surface area contributed by atoms with Gasteiger partial charge in [-0.1, -0.05) is 11.6 Å². The predicted octanol–water partition coefficient (Wildman–Crippen LogP) is 4.24. The number of aromatic hydroxyl groups is 1. The molecule has 0 aromatic heterocycles. The van der Waals surface area contributed by atoms with E-state index in [1.165, 1.54) is 24.6 Å². The van der Waals surface area contributed by atoms with Crippen LogP contribution in [0.1, 0.15) is 31.7 Å². The highest BCUT2D eigenvalue weighted by Crippen LogP contribution is 2.40. The van der Waals surface area contributed by atoms with Crippen LogP contribution in [0.25, 0.3) is 0 Å². The Kier molecular flexibility index (Phi) is 9.92. The number of nitrogens with zero attached hydrogens (tertiary/aromatic N) is 1. The van der Waals surface area contributed by atoms with Gasteiger partial charge in [-0.2, -0.15) is 13.2 Å². The van der Waals surface area contributed by atoms with Crippen molar-refractivity contribution in [3.8, 4) is 17.2 Å². The molecule has 39 heavy (non-hydrogen) atoms. The summed E-state index contributed by atoms with van der Waals surface area (Å²) in [5, 5.41) is 30.7. The molecule has 9 nitrogen and oxygen atoms in total. The van der Waals surface area contributed by atoms with Crippen molar-refractivity contribution < 1.29 is 47.6 Å². The molecule has 0 bridgehead atoms. The fraction of sp³-hybridized carbons (Fsp3) is 0.462. The van der Waals surface area contributed by atoms with Gasteiger partial charge in [0.15, 0.2) is 0 Å². The van der Waals surface area contributed by atoms with E-state index < -0.39 is 18.2 Å². The minimum atomic E-state index is -5.08. The number of hydrogen-bond donors (Lipinski definition) is 4. The molecule has 1 amide bonds. The summed E-state index contributed by atoms with van der Waals surface area (Å²) in [6.45, 7) is 3.61. The molecule has 4 N–H and O–H groups in total. The Bertz CT molecular complexity index is 1170. The zero-order chi connectivity index (χ0) is 28.8. The lowest BCUT2D eigenvalue weighted by molar-refractivity contribution is -0.192. The lowest BCUT2D eigenvalue weighted by Crippen LogP contribution is -2.51. The summed E-state index contributed by atoms with van der Waals surface area (Å²) < 4.78 is 43.8. The highest BCUT2D eigenvalue weighted by atomic mass is 35.5. The molecule has 2 aromatic carbocycles. The molecule has 214 valence electrons. The predicted molar refractivity (Wildman–Crippen MR) is 136 cm³/mol. The van der Waals surface area contributed by atoms with Gasteiger partial charge in [0.05, 0.1) is 5.69 Å². The van der Waals surface area contributed by atoms with E-state index in [1.807, 2.05) is 18.2 Å². The van der Waals surface area contributed by atoms with Gasteiger partial charge in [-0.15, -0.1) is 0 Å². The van der Waals surface area contributed by atoms with Gasteiger partial charge < -0.3 is 35.0 Å². The lowest BCUT2D eigenvalue weighted by atomic mass is 9.83. The smallest absolute Gasteiger partial charge is 0.490 e. The van der Waals surface area contributed by atoms with Crippen LogP contribution in [-0.4, -0.2) is 76.2 Å². The van der Waals surface area contributed by atoms with E-state index in [1.54, 1.807) is 6.07 Å². The number of aliphatic carboxylic acids is 1. The highest BCUT2D eigenvalue weighted by molar-refractivity contribution is 6.30. The number of β-amino-alcohol motifs (C(OH)–C–C–N with tert-alkyl or cyclic N) is 1. The number of phenols is 1. The number of aryl methyl sites for hydroxylation is 1. The number of likely N-dealkylation sites (tertiary alicyclic amines) is 1. The number of piperidine rings is 1. The first-order valence-electron chi connectivity index (χ1n) is 12.2. The monoisotopic (exact) mass is 574 g/mol. The maximum absolute atomic E-state index is 11.4. The maximum Gasteiger partial charge on any atom is 0.490 e. The van der Waals surface area contributed by atoms with Gasteiger partial charge in [-0.05, 0) is 61.6 Å². The summed E-state index contributed by atoms with van der Waals surface area (Å²) >= 11 is 6.10. The van der Waals surface area contributed by atoms with Crippen LogP contribution in [-0.2, 0) is 16.0 Å². The largest absolute Gasteiger partial charge is 0.508 e. The van der Waals surface area contributed by atoms with Gasteiger partial charge in [0.25, 0.3) is 0 Å². The SMILES string of the molecule is CC(=O)Nc1ccc(O)cc1OC[C@@H](O)CN1CCC2(CCc3cc(Cl)ccc3O2)CC1.O=C(O)C(F)(F)F. The number of carbonyl (C=O) groups excluding carboxylic acids is 1. The van der Waals surface area contributed by atoms with Crippen LogP contribution in [0.2, 0.25) is 5.02 Å². The Morgan fingerprint density at radius 3 is 2.46 bits per heavy atom. The van der Waals surface area contributed by atoms with E-state index >= 15 is 0 Å². The molecule has 4 rings (SSSR count). The molecule has 1 fully saturated rings. The van der Waals surface area contributed by atoms with Gasteiger partial charge in [-0.3, -0.25) is 4.79 Å². The molecule has 0 saturated carbocycles. The summed E-state index contributed by atoms with van der Waals surface area (Å²) in [6, 6.07) is 10.3. The Morgan fingerprint density at radius 1 is 1.18 bits per heavy atom. The number of amides is 1. The van der Waals surface area contributed by atoms with Gasteiger partial charge in [0, 0.05) is 37.6 Å². The molecule has 1 spiro atoms. The first-order valence-corrected chi connectivity index (χ1v) is 12.6. The number of fused-ring (bicyclic) bond motifs is 1. The van der Waals surface area contributed by atoms with E-state index in [0.29, 0.717) is 18.0 Å². The molecule has 0 aliphatic carbocycles. The van der Waals surface area contributed by atoms with Crippen molar-refractivity contribution in [3.63, 3.8) is 0 Å². The number of rotatable bonds is 6. The second-order valence-corrected chi connectivity index (χ2v) is 9.90. The van der Waals surface area contributed by atoms with Gasteiger partial charge in [0.2, 0.25) is 5.91 Å². The molecule has 0 unspecified atom stereocenters. The molecule has 0 radical (unpaired) electrons. The number of carbonyl (C=O) groups is 2. The average molecular weight is 575 g/mol. The first kappa shape index (κ1) is 30.3. The fourth-order valence-corrected chi connectivity index (χ4v) is 4.64. The molecule has 13 heteroatoms. The number of phenolic OH excluding ortho intramolecular Hbond substituents is 1. The number of halogens is 4. The van der Waals surface area contributed by atoms with Crippen LogP contribution in [0, 0.1) is 0 Å². The number of aliphatic hydroxyl groups is 1. The molecule has 2 aromatic rings. The van der Waals surface area contributed by atoms with Crippen molar-refractivity contribution in [2.24, 2.45) is 0 Å². The van der Waals surface area contributed by atoms with Crippen LogP contribution in [0.3, 0.4) is 0 Å². The van der Waals surface area contributed by atoms with Crippen molar-refractivity contribution in [1.82, 2.24) is 4.90 Å². The third kappa shape index (κ3) is 8.91. The summed E-state index contributed by atoms with van der Waals surface area (Å²) in [4.78, 5) is 22.5. The third-order valence-electron chi connectivity index (χ3n) is 6.38. The molecule has 1 atom stereocenters. The minimum Gasteiger partial charge on any atom is -0.508 e. The zero-order valence-electron chi connectivity index (χ0n) is 21.1. The molecule has 2 heterocycles. The fourth-order valence-electron chi connectivity index (χ4n) is 4.44. The molecule has 2 aliphatic rings. The van der Waals surface area contributed by atoms with Crippen molar-refractivity contribution in [2.75, 3.05) is 31.6 Å². The zero-order valence-corrected chi connectivity index (χ0v) is 21.9. The number of aliphatic hydroxyl groups excluding tert-OH is 1.